The molecule has 0 saturated carbocycles. The Morgan fingerprint density at radius 2 is 2.28 bits per heavy atom. The van der Waals surface area contributed by atoms with E-state index >= 15 is 0 Å². The van der Waals surface area contributed by atoms with Crippen molar-refractivity contribution in [2.75, 3.05) is 27.2 Å². The van der Waals surface area contributed by atoms with Crippen LogP contribution in [-0.2, 0) is 6.54 Å². The van der Waals surface area contributed by atoms with Gasteiger partial charge >= 0.3 is 0 Å². The predicted octanol–water partition coefficient (Wildman–Crippen LogP) is 1.90. The van der Waals surface area contributed by atoms with Gasteiger partial charge in [-0.25, -0.2) is 4.98 Å². The van der Waals surface area contributed by atoms with Gasteiger partial charge in [-0.15, -0.1) is 0 Å². The van der Waals surface area contributed by atoms with E-state index in [0.29, 0.717) is 12.0 Å². The molecule has 0 radical (unpaired) electrons. The first kappa shape index (κ1) is 13.6. The van der Waals surface area contributed by atoms with Gasteiger partial charge in [0.25, 0.3) is 0 Å². The fraction of sp³-hybridized carbons (Fsp3) is 0.786. The molecule has 1 aliphatic heterocycles. The van der Waals surface area contributed by atoms with Crippen molar-refractivity contribution in [2.24, 2.45) is 5.92 Å². The summed E-state index contributed by atoms with van der Waals surface area (Å²) in [6.45, 7) is 5.48. The van der Waals surface area contributed by atoms with Gasteiger partial charge in [0.15, 0.2) is 0 Å². The van der Waals surface area contributed by atoms with E-state index in [-0.39, 0.29) is 0 Å². The van der Waals surface area contributed by atoms with Crippen molar-refractivity contribution in [1.29, 1.82) is 0 Å². The second-order valence-electron chi connectivity index (χ2n) is 5.34. The summed E-state index contributed by atoms with van der Waals surface area (Å²) in [6.07, 6.45) is 7.98. The van der Waals surface area contributed by atoms with Gasteiger partial charge in [-0.05, 0) is 52.9 Å². The number of aromatic nitrogens is 2. The van der Waals surface area contributed by atoms with Crippen LogP contribution in [0.25, 0.3) is 0 Å². The SMILES string of the molecule is CCn1cncc1C1C(CNC)CCCCN1C. The lowest BCUT2D eigenvalue weighted by molar-refractivity contribution is 0.182. The van der Waals surface area contributed by atoms with Crippen LogP contribution in [0.4, 0.5) is 0 Å². The van der Waals surface area contributed by atoms with Crippen LogP contribution < -0.4 is 5.32 Å². The molecule has 1 saturated heterocycles. The lowest BCUT2D eigenvalue weighted by Gasteiger charge is -2.32. The number of aryl methyl sites for hydroxylation is 1. The molecule has 4 nitrogen and oxygen atoms in total. The Bertz CT molecular complexity index is 360. The monoisotopic (exact) mass is 250 g/mol. The summed E-state index contributed by atoms with van der Waals surface area (Å²) in [7, 11) is 4.31. The third-order valence-corrected chi connectivity index (χ3v) is 4.11. The van der Waals surface area contributed by atoms with Gasteiger partial charge in [0.1, 0.15) is 0 Å². The third kappa shape index (κ3) is 2.75. The van der Waals surface area contributed by atoms with Crippen molar-refractivity contribution >= 4 is 0 Å². The lowest BCUT2D eigenvalue weighted by Crippen LogP contribution is -2.35. The highest BCUT2D eigenvalue weighted by atomic mass is 15.2. The molecule has 0 amide bonds. The molecule has 0 spiro atoms. The van der Waals surface area contributed by atoms with Crippen LogP contribution in [0.3, 0.4) is 0 Å². The van der Waals surface area contributed by atoms with Crippen molar-refractivity contribution < 1.29 is 0 Å². The van der Waals surface area contributed by atoms with Crippen molar-refractivity contribution in [3.8, 4) is 0 Å². The summed E-state index contributed by atoms with van der Waals surface area (Å²) >= 11 is 0. The summed E-state index contributed by atoms with van der Waals surface area (Å²) < 4.78 is 2.29. The van der Waals surface area contributed by atoms with E-state index in [9.17, 15) is 0 Å². The molecule has 1 aromatic heterocycles. The van der Waals surface area contributed by atoms with Crippen LogP contribution in [-0.4, -0.2) is 41.6 Å². The Kier molecular flexibility index (Phi) is 4.78. The molecule has 2 heterocycles. The van der Waals surface area contributed by atoms with E-state index in [1.54, 1.807) is 0 Å². The summed E-state index contributed by atoms with van der Waals surface area (Å²) in [5, 5.41) is 3.36. The fourth-order valence-corrected chi connectivity index (χ4v) is 3.21. The average molecular weight is 250 g/mol. The van der Waals surface area contributed by atoms with Crippen LogP contribution in [0.15, 0.2) is 12.5 Å². The molecule has 18 heavy (non-hydrogen) atoms. The van der Waals surface area contributed by atoms with Crippen LogP contribution in [0.5, 0.6) is 0 Å². The molecule has 1 aromatic rings. The van der Waals surface area contributed by atoms with Crippen molar-refractivity contribution in [2.45, 2.75) is 38.8 Å². The Morgan fingerprint density at radius 1 is 1.44 bits per heavy atom. The molecule has 2 rings (SSSR count). The Balaban J connectivity index is 2.28. The minimum Gasteiger partial charge on any atom is -0.333 e. The molecule has 0 aromatic carbocycles. The molecule has 0 bridgehead atoms. The van der Waals surface area contributed by atoms with Gasteiger partial charge in [-0.3, -0.25) is 4.90 Å². The van der Waals surface area contributed by atoms with Gasteiger partial charge in [0.2, 0.25) is 0 Å². The first-order chi connectivity index (χ1) is 8.77. The maximum absolute atomic E-state index is 4.34. The summed E-state index contributed by atoms with van der Waals surface area (Å²) in [5.41, 5.74) is 1.38. The molecule has 2 atom stereocenters. The lowest BCUT2D eigenvalue weighted by atomic mass is 9.92. The first-order valence-corrected chi connectivity index (χ1v) is 7.12. The molecular weight excluding hydrogens is 224 g/mol. The number of hydrogen-bond acceptors (Lipinski definition) is 3. The minimum atomic E-state index is 0.502. The van der Waals surface area contributed by atoms with E-state index in [1.807, 2.05) is 6.33 Å². The summed E-state index contributed by atoms with van der Waals surface area (Å²) in [6, 6.07) is 0.502. The van der Waals surface area contributed by atoms with Crippen LogP contribution in [0, 0.1) is 5.92 Å². The summed E-state index contributed by atoms with van der Waals surface area (Å²) in [4.78, 5) is 6.86. The number of likely N-dealkylation sites (tertiary alicyclic amines) is 1. The van der Waals surface area contributed by atoms with Gasteiger partial charge < -0.3 is 9.88 Å². The Labute approximate surface area is 110 Å². The highest BCUT2D eigenvalue weighted by Crippen LogP contribution is 2.33. The van der Waals surface area contributed by atoms with Crippen LogP contribution in [0.1, 0.15) is 37.9 Å². The summed E-state index contributed by atoms with van der Waals surface area (Å²) in [5.74, 6) is 0.685. The predicted molar refractivity (Wildman–Crippen MR) is 74.5 cm³/mol. The van der Waals surface area contributed by atoms with E-state index in [4.69, 9.17) is 0 Å². The molecule has 102 valence electrons. The van der Waals surface area contributed by atoms with Gasteiger partial charge in [0.05, 0.1) is 18.1 Å². The normalized spacial score (nSPS) is 26.2. The van der Waals surface area contributed by atoms with Gasteiger partial charge in [0, 0.05) is 12.7 Å². The zero-order valence-electron chi connectivity index (χ0n) is 11.9. The fourth-order valence-electron chi connectivity index (χ4n) is 3.21. The van der Waals surface area contributed by atoms with Gasteiger partial charge in [-0.1, -0.05) is 6.42 Å². The highest BCUT2D eigenvalue weighted by Gasteiger charge is 2.30. The first-order valence-electron chi connectivity index (χ1n) is 7.12. The Hall–Kier alpha value is -0.870. The molecular formula is C14H26N4. The Morgan fingerprint density at radius 3 is 3.00 bits per heavy atom. The molecule has 4 heteroatoms. The van der Waals surface area contributed by atoms with E-state index in [1.165, 1.54) is 31.5 Å². The second kappa shape index (κ2) is 6.34. The van der Waals surface area contributed by atoms with Crippen molar-refractivity contribution in [3.05, 3.63) is 18.2 Å². The smallest absolute Gasteiger partial charge is 0.0948 e. The molecule has 1 aliphatic rings. The van der Waals surface area contributed by atoms with E-state index < -0.39 is 0 Å². The zero-order valence-corrected chi connectivity index (χ0v) is 11.9. The van der Waals surface area contributed by atoms with E-state index in [2.05, 4.69) is 47.0 Å². The highest BCUT2D eigenvalue weighted by molar-refractivity contribution is 5.08. The standard InChI is InChI=1S/C14H26N4/c1-4-18-11-16-10-13(18)14-12(9-15-2)7-5-6-8-17(14)3/h10-12,14-15H,4-9H2,1-3H3. The van der Waals surface area contributed by atoms with Crippen molar-refractivity contribution in [1.82, 2.24) is 19.8 Å². The average Bonchev–Trinajstić information content (AvgIpc) is 2.75. The second-order valence-corrected chi connectivity index (χ2v) is 5.34. The number of nitrogens with one attached hydrogen (secondary N) is 1. The maximum atomic E-state index is 4.34. The molecule has 1 N–H and O–H groups in total. The maximum Gasteiger partial charge on any atom is 0.0948 e. The number of hydrogen-bond donors (Lipinski definition) is 1. The number of nitrogens with zero attached hydrogens (tertiary/aromatic N) is 3. The van der Waals surface area contributed by atoms with Crippen LogP contribution in [0.2, 0.25) is 0 Å². The quantitative estimate of drug-likeness (QED) is 0.886. The topological polar surface area (TPSA) is 33.1 Å². The number of imidazole rings is 1. The minimum absolute atomic E-state index is 0.502. The van der Waals surface area contributed by atoms with E-state index in [0.717, 1.165) is 13.1 Å². The van der Waals surface area contributed by atoms with Gasteiger partial charge in [-0.2, -0.15) is 0 Å². The molecule has 2 unspecified atom stereocenters. The number of rotatable bonds is 4. The third-order valence-electron chi connectivity index (χ3n) is 4.11. The van der Waals surface area contributed by atoms with Crippen molar-refractivity contribution in [3.63, 3.8) is 0 Å². The largest absolute Gasteiger partial charge is 0.333 e. The zero-order chi connectivity index (χ0) is 13.0. The molecule has 0 aliphatic carbocycles. The van der Waals surface area contributed by atoms with Crippen LogP contribution >= 0.6 is 0 Å². The molecule has 1 fully saturated rings.